The van der Waals surface area contributed by atoms with Gasteiger partial charge in [-0.2, -0.15) is 0 Å². The first-order valence-corrected chi connectivity index (χ1v) is 19.1. The minimum atomic E-state index is -0.0832. The monoisotopic (exact) mass is 703 g/mol. The van der Waals surface area contributed by atoms with Crippen LogP contribution in [0.5, 0.6) is 0 Å². The predicted octanol–water partition coefficient (Wildman–Crippen LogP) is 14.6. The Labute approximate surface area is 320 Å². The van der Waals surface area contributed by atoms with Crippen LogP contribution in [0.15, 0.2) is 174 Å². The number of rotatable bonds is 4. The van der Waals surface area contributed by atoms with Crippen LogP contribution in [0.3, 0.4) is 0 Å². The highest BCUT2D eigenvalue weighted by Crippen LogP contribution is 2.50. The number of pyridine rings is 1. The van der Waals surface area contributed by atoms with Gasteiger partial charge >= 0.3 is 0 Å². The predicted molar refractivity (Wildman–Crippen MR) is 231 cm³/mol. The third-order valence-electron chi connectivity index (χ3n) is 12.1. The molecule has 0 bridgehead atoms. The average Bonchev–Trinajstić information content (AvgIpc) is 3.72. The van der Waals surface area contributed by atoms with Gasteiger partial charge in [-0.15, -0.1) is 0 Å². The lowest BCUT2D eigenvalue weighted by atomic mass is 9.81. The fourth-order valence-corrected chi connectivity index (χ4v) is 9.26. The Morgan fingerprint density at radius 1 is 0.455 bits per heavy atom. The van der Waals surface area contributed by atoms with Crippen LogP contribution in [-0.4, -0.2) is 4.98 Å². The molecule has 10 aromatic rings. The molecule has 2 heterocycles. The van der Waals surface area contributed by atoms with Crippen molar-refractivity contribution in [2.75, 3.05) is 0 Å². The Balaban J connectivity index is 1.14. The second-order valence-electron chi connectivity index (χ2n) is 15.5. The molecule has 0 N–H and O–H groups in total. The van der Waals surface area contributed by atoms with Gasteiger partial charge in [0.25, 0.3) is 0 Å². The fraction of sp³-hybridized carbons (Fsp3) is 0.0755. The third-order valence-corrected chi connectivity index (χ3v) is 12.1. The Bertz CT molecular complexity index is 3180. The van der Waals surface area contributed by atoms with Crippen molar-refractivity contribution in [3.05, 3.63) is 187 Å². The van der Waals surface area contributed by atoms with Gasteiger partial charge in [-0.3, -0.25) is 0 Å². The van der Waals surface area contributed by atoms with Crippen LogP contribution < -0.4 is 0 Å². The van der Waals surface area contributed by atoms with E-state index >= 15 is 0 Å². The van der Waals surface area contributed by atoms with Gasteiger partial charge in [-0.1, -0.05) is 159 Å². The fourth-order valence-electron chi connectivity index (χ4n) is 9.26. The van der Waals surface area contributed by atoms with Crippen molar-refractivity contribution in [1.82, 2.24) is 4.98 Å². The van der Waals surface area contributed by atoms with Gasteiger partial charge in [0.1, 0.15) is 11.2 Å². The van der Waals surface area contributed by atoms with Crippen molar-refractivity contribution in [3.8, 4) is 55.9 Å². The summed E-state index contributed by atoms with van der Waals surface area (Å²) in [4.78, 5) is 5.50. The maximum absolute atomic E-state index is 7.02. The maximum atomic E-state index is 7.02. The number of hydrogen-bond donors (Lipinski definition) is 0. The molecule has 0 amide bonds. The number of benzene rings is 8. The van der Waals surface area contributed by atoms with E-state index < -0.39 is 0 Å². The summed E-state index contributed by atoms with van der Waals surface area (Å²) in [5.74, 6) is 0. The molecule has 0 spiro atoms. The van der Waals surface area contributed by atoms with Gasteiger partial charge in [-0.05, 0) is 97.2 Å². The van der Waals surface area contributed by atoms with Gasteiger partial charge in [-0.25, -0.2) is 4.98 Å². The quantitative estimate of drug-likeness (QED) is 0.182. The molecule has 0 fully saturated rings. The van der Waals surface area contributed by atoms with Crippen LogP contribution in [0.4, 0.5) is 0 Å². The lowest BCUT2D eigenvalue weighted by Crippen LogP contribution is -2.14. The van der Waals surface area contributed by atoms with E-state index in [0.717, 1.165) is 66.4 Å². The van der Waals surface area contributed by atoms with E-state index in [2.05, 4.69) is 191 Å². The summed E-state index contributed by atoms with van der Waals surface area (Å²) in [6, 6.07) is 61.4. The van der Waals surface area contributed by atoms with Crippen molar-refractivity contribution in [1.29, 1.82) is 0 Å². The number of hydrogen-bond acceptors (Lipinski definition) is 2. The summed E-state index contributed by atoms with van der Waals surface area (Å²) in [6.45, 7) is 6.87. The van der Waals surface area contributed by atoms with Crippen LogP contribution >= 0.6 is 0 Å². The van der Waals surface area contributed by atoms with Crippen LogP contribution in [0.2, 0.25) is 0 Å². The van der Waals surface area contributed by atoms with Gasteiger partial charge in [0.2, 0.25) is 0 Å². The topological polar surface area (TPSA) is 26.0 Å². The van der Waals surface area contributed by atoms with E-state index in [1.165, 1.54) is 49.7 Å². The zero-order valence-electron chi connectivity index (χ0n) is 31.0. The van der Waals surface area contributed by atoms with Crippen molar-refractivity contribution in [2.24, 2.45) is 0 Å². The van der Waals surface area contributed by atoms with Crippen LogP contribution in [-0.2, 0) is 5.41 Å². The van der Waals surface area contributed by atoms with Crippen molar-refractivity contribution in [2.45, 2.75) is 26.2 Å². The highest BCUT2D eigenvalue weighted by Gasteiger charge is 2.35. The van der Waals surface area contributed by atoms with Crippen molar-refractivity contribution < 1.29 is 4.42 Å². The molecule has 11 rings (SSSR count). The summed E-state index contributed by atoms with van der Waals surface area (Å²) < 4.78 is 7.02. The lowest BCUT2D eigenvalue weighted by molar-refractivity contribution is 0.660. The molecule has 1 aliphatic rings. The molecule has 1 aliphatic carbocycles. The van der Waals surface area contributed by atoms with E-state index in [9.17, 15) is 0 Å². The molecular formula is C53H37NO. The number of fused-ring (bicyclic) bond motifs is 9. The minimum Gasteiger partial charge on any atom is -0.455 e. The Morgan fingerprint density at radius 3 is 2.02 bits per heavy atom. The molecule has 0 aliphatic heterocycles. The summed E-state index contributed by atoms with van der Waals surface area (Å²) >= 11 is 0. The highest BCUT2D eigenvalue weighted by molar-refractivity contribution is 6.23. The van der Waals surface area contributed by atoms with Crippen LogP contribution in [0.25, 0.3) is 99.4 Å². The summed E-state index contributed by atoms with van der Waals surface area (Å²) in [5, 5.41) is 6.99. The zero-order chi connectivity index (χ0) is 36.8. The molecule has 2 heteroatoms. The van der Waals surface area contributed by atoms with Crippen LogP contribution in [0.1, 0.15) is 30.5 Å². The Hall–Kier alpha value is -6.77. The Morgan fingerprint density at radius 2 is 1.15 bits per heavy atom. The van der Waals surface area contributed by atoms with Gasteiger partial charge in [0.15, 0.2) is 0 Å². The molecule has 2 aromatic heterocycles. The van der Waals surface area contributed by atoms with E-state index in [1.807, 2.05) is 0 Å². The lowest BCUT2D eigenvalue weighted by Gasteiger charge is -2.22. The molecule has 0 unspecified atom stereocenters. The minimum absolute atomic E-state index is 0.0832. The molecule has 55 heavy (non-hydrogen) atoms. The van der Waals surface area contributed by atoms with Gasteiger partial charge in [0.05, 0.1) is 11.4 Å². The second kappa shape index (κ2) is 11.9. The van der Waals surface area contributed by atoms with E-state index in [4.69, 9.17) is 9.40 Å². The largest absolute Gasteiger partial charge is 0.455 e. The highest BCUT2D eigenvalue weighted by atomic mass is 16.3. The molecule has 0 saturated heterocycles. The first kappa shape index (κ1) is 31.7. The normalized spacial score (nSPS) is 13.1. The summed E-state index contributed by atoms with van der Waals surface area (Å²) in [5.41, 5.74) is 16.9. The number of para-hydroxylation sites is 1. The van der Waals surface area contributed by atoms with Crippen molar-refractivity contribution in [3.63, 3.8) is 0 Å². The smallest absolute Gasteiger partial charge is 0.143 e. The van der Waals surface area contributed by atoms with Gasteiger partial charge in [0, 0.05) is 32.9 Å². The average molecular weight is 704 g/mol. The second-order valence-corrected chi connectivity index (χ2v) is 15.5. The van der Waals surface area contributed by atoms with Crippen molar-refractivity contribution >= 4 is 43.5 Å². The standard InChI is InChI=1S/C53H37NO/c1-32-44(34-15-5-4-6-16-34)30-48(54-51(32)37-25-24-33-14-7-8-17-35(33)28-37)45-31-49-50(42-20-10-9-18-39(42)45)43-22-13-21-38(52(43)55-49)36-26-27-41-40-19-11-12-23-46(40)53(2,3)47(41)29-36/h4-31H,1-3H3. The van der Waals surface area contributed by atoms with E-state index in [1.54, 1.807) is 0 Å². The molecule has 260 valence electrons. The third kappa shape index (κ3) is 4.78. The van der Waals surface area contributed by atoms with Gasteiger partial charge < -0.3 is 4.42 Å². The first-order chi connectivity index (χ1) is 26.9. The molecule has 0 radical (unpaired) electrons. The molecule has 2 nitrogen and oxygen atoms in total. The summed E-state index contributed by atoms with van der Waals surface area (Å²) in [6.07, 6.45) is 0. The Kier molecular flexibility index (Phi) is 6.85. The number of aromatic nitrogens is 1. The zero-order valence-corrected chi connectivity index (χ0v) is 31.0. The SMILES string of the molecule is Cc1c(-c2ccccc2)cc(-c2cc3oc4c(-c5ccc6c(c5)C(C)(C)c5ccccc5-6)cccc4c3c3ccccc23)nc1-c1ccc2ccccc2c1. The first-order valence-electron chi connectivity index (χ1n) is 19.1. The molecule has 8 aromatic carbocycles. The summed E-state index contributed by atoms with van der Waals surface area (Å²) in [7, 11) is 0. The molecule has 0 atom stereocenters. The van der Waals surface area contributed by atoms with Crippen LogP contribution in [0, 0.1) is 6.92 Å². The number of furan rings is 1. The molecule has 0 saturated carbocycles. The van der Waals surface area contributed by atoms with E-state index in [0.29, 0.717) is 0 Å². The maximum Gasteiger partial charge on any atom is 0.143 e. The van der Waals surface area contributed by atoms with E-state index in [-0.39, 0.29) is 5.41 Å². The molecular weight excluding hydrogens is 667 g/mol. The number of nitrogens with zero attached hydrogens (tertiary/aromatic N) is 1.